The summed E-state index contributed by atoms with van der Waals surface area (Å²) in [5.74, 6) is 0.0261. The van der Waals surface area contributed by atoms with Gasteiger partial charge >= 0.3 is 5.97 Å². The number of benzene rings is 1. The number of hydrogen-bond donors (Lipinski definition) is 1. The molecule has 0 saturated heterocycles. The van der Waals surface area contributed by atoms with E-state index < -0.39 is 16.9 Å². The summed E-state index contributed by atoms with van der Waals surface area (Å²) in [5, 5.41) is 14.3. The van der Waals surface area contributed by atoms with Gasteiger partial charge in [-0.1, -0.05) is 12.1 Å². The molecule has 1 unspecified atom stereocenters. The first kappa shape index (κ1) is 18.2. The molecule has 8 heteroatoms. The van der Waals surface area contributed by atoms with Crippen molar-refractivity contribution in [3.05, 3.63) is 81.3 Å². The predicted octanol–water partition coefficient (Wildman–Crippen LogP) is 2.92. The number of pyridine rings is 1. The van der Waals surface area contributed by atoms with Gasteiger partial charge in [-0.2, -0.15) is 0 Å². The third kappa shape index (κ3) is 3.84. The van der Waals surface area contributed by atoms with Crippen molar-refractivity contribution in [2.24, 2.45) is 4.99 Å². The van der Waals surface area contributed by atoms with Crippen LogP contribution in [0.1, 0.15) is 31.0 Å². The molecule has 1 aromatic carbocycles. The molecule has 3 rings (SSSR count). The maximum atomic E-state index is 12.5. The monoisotopic (exact) mass is 366 g/mol. The van der Waals surface area contributed by atoms with Gasteiger partial charge in [0, 0.05) is 35.8 Å². The molecule has 0 radical (unpaired) electrons. The molecule has 138 valence electrons. The third-order valence-corrected chi connectivity index (χ3v) is 4.07. The zero-order chi connectivity index (χ0) is 19.4. The molecule has 1 aromatic heterocycles. The van der Waals surface area contributed by atoms with Gasteiger partial charge < -0.3 is 10.1 Å². The minimum absolute atomic E-state index is 0.0648. The lowest BCUT2D eigenvalue weighted by Crippen LogP contribution is -2.32. The van der Waals surface area contributed by atoms with Crippen LogP contribution in [0.25, 0.3) is 0 Å². The van der Waals surface area contributed by atoms with Crippen LogP contribution in [0.2, 0.25) is 0 Å². The Bertz CT molecular complexity index is 938. The SMILES string of the molecule is CCOC(=O)C1=C(C)NC(c2cccnc2)=NC1c1cccc([N+](=O)[O-])c1. The highest BCUT2D eigenvalue weighted by Gasteiger charge is 2.31. The molecule has 0 bridgehead atoms. The Kier molecular flexibility index (Phi) is 5.25. The number of nitrogens with one attached hydrogen (secondary N) is 1. The maximum Gasteiger partial charge on any atom is 0.338 e. The summed E-state index contributed by atoms with van der Waals surface area (Å²) in [5.41, 5.74) is 2.12. The van der Waals surface area contributed by atoms with Gasteiger partial charge in [-0.3, -0.25) is 20.1 Å². The lowest BCUT2D eigenvalue weighted by atomic mass is 9.95. The normalized spacial score (nSPS) is 16.4. The number of aliphatic imine (C=N–C) groups is 1. The third-order valence-electron chi connectivity index (χ3n) is 4.07. The van der Waals surface area contributed by atoms with Gasteiger partial charge in [-0.05, 0) is 31.5 Å². The van der Waals surface area contributed by atoms with E-state index in [0.717, 1.165) is 5.56 Å². The van der Waals surface area contributed by atoms with Crippen LogP contribution in [-0.4, -0.2) is 28.3 Å². The molecule has 0 fully saturated rings. The number of amidine groups is 1. The standard InChI is InChI=1S/C19H18N4O4/c1-3-27-19(24)16-12(2)21-18(14-7-5-9-20-11-14)22-17(16)13-6-4-8-15(10-13)23(25)26/h4-11,17H,3H2,1-2H3,(H,21,22). The van der Waals surface area contributed by atoms with Crippen molar-refractivity contribution < 1.29 is 14.5 Å². The van der Waals surface area contributed by atoms with Crippen molar-refractivity contribution in [3.8, 4) is 0 Å². The molecule has 1 N–H and O–H groups in total. The highest BCUT2D eigenvalue weighted by atomic mass is 16.6. The van der Waals surface area contributed by atoms with Crippen molar-refractivity contribution >= 4 is 17.5 Å². The number of nitro benzene ring substituents is 1. The van der Waals surface area contributed by atoms with Gasteiger partial charge in [0.25, 0.3) is 5.69 Å². The number of ether oxygens (including phenoxy) is 1. The van der Waals surface area contributed by atoms with Gasteiger partial charge in [0.05, 0.1) is 17.1 Å². The van der Waals surface area contributed by atoms with Crippen LogP contribution >= 0.6 is 0 Å². The Morgan fingerprint density at radius 2 is 2.15 bits per heavy atom. The average molecular weight is 366 g/mol. The number of non-ortho nitro benzene ring substituents is 1. The molecule has 2 aromatic rings. The van der Waals surface area contributed by atoms with E-state index in [1.807, 2.05) is 6.07 Å². The van der Waals surface area contributed by atoms with Crippen LogP contribution in [0.15, 0.2) is 65.1 Å². The molecule has 0 saturated carbocycles. The summed E-state index contributed by atoms with van der Waals surface area (Å²) in [4.78, 5) is 31.9. The molecule has 1 atom stereocenters. The van der Waals surface area contributed by atoms with Crippen LogP contribution in [-0.2, 0) is 9.53 Å². The summed E-state index contributed by atoms with van der Waals surface area (Å²) in [7, 11) is 0. The van der Waals surface area contributed by atoms with E-state index in [1.54, 1.807) is 44.4 Å². The summed E-state index contributed by atoms with van der Waals surface area (Å²) in [6, 6.07) is 9.00. The van der Waals surface area contributed by atoms with E-state index in [0.29, 0.717) is 22.7 Å². The van der Waals surface area contributed by atoms with Crippen LogP contribution in [0.5, 0.6) is 0 Å². The first-order chi connectivity index (χ1) is 13.0. The zero-order valence-electron chi connectivity index (χ0n) is 14.9. The van der Waals surface area contributed by atoms with Gasteiger partial charge in [-0.25, -0.2) is 4.79 Å². The minimum Gasteiger partial charge on any atom is -0.463 e. The van der Waals surface area contributed by atoms with Gasteiger partial charge in [0.1, 0.15) is 11.9 Å². The Morgan fingerprint density at radius 3 is 2.81 bits per heavy atom. The second-order valence-electron chi connectivity index (χ2n) is 5.86. The molecule has 1 aliphatic heterocycles. The second kappa shape index (κ2) is 7.77. The molecule has 0 amide bonds. The van der Waals surface area contributed by atoms with Crippen LogP contribution < -0.4 is 5.32 Å². The smallest absolute Gasteiger partial charge is 0.338 e. The quantitative estimate of drug-likeness (QED) is 0.495. The van der Waals surface area contributed by atoms with E-state index in [2.05, 4.69) is 15.3 Å². The summed E-state index contributed by atoms with van der Waals surface area (Å²) in [6.45, 7) is 3.69. The Morgan fingerprint density at radius 1 is 1.33 bits per heavy atom. The maximum absolute atomic E-state index is 12.5. The van der Waals surface area contributed by atoms with E-state index in [9.17, 15) is 14.9 Å². The van der Waals surface area contributed by atoms with E-state index in [1.165, 1.54) is 12.1 Å². The molecule has 0 spiro atoms. The number of allylic oxidation sites excluding steroid dienone is 1. The summed E-state index contributed by atoms with van der Waals surface area (Å²) < 4.78 is 5.17. The first-order valence-electron chi connectivity index (χ1n) is 8.38. The summed E-state index contributed by atoms with van der Waals surface area (Å²) in [6.07, 6.45) is 3.30. The lowest BCUT2D eigenvalue weighted by Gasteiger charge is -2.26. The number of carbonyl (C=O) groups excluding carboxylic acids is 1. The van der Waals surface area contributed by atoms with Crippen molar-refractivity contribution in [2.75, 3.05) is 6.61 Å². The molecule has 2 heterocycles. The van der Waals surface area contributed by atoms with Gasteiger partial charge in [-0.15, -0.1) is 0 Å². The number of nitro groups is 1. The van der Waals surface area contributed by atoms with Crippen molar-refractivity contribution in [1.82, 2.24) is 10.3 Å². The largest absolute Gasteiger partial charge is 0.463 e. The topological polar surface area (TPSA) is 107 Å². The molecule has 27 heavy (non-hydrogen) atoms. The fraction of sp³-hybridized carbons (Fsp3) is 0.211. The lowest BCUT2D eigenvalue weighted by molar-refractivity contribution is -0.384. The fourth-order valence-corrected chi connectivity index (χ4v) is 2.85. The van der Waals surface area contributed by atoms with Crippen molar-refractivity contribution in [1.29, 1.82) is 0 Å². The average Bonchev–Trinajstić information content (AvgIpc) is 2.68. The Balaban J connectivity index is 2.11. The Hall–Kier alpha value is -3.55. The number of nitrogens with zero attached hydrogens (tertiary/aromatic N) is 3. The molecular formula is C19H18N4O4. The van der Waals surface area contributed by atoms with Gasteiger partial charge in [0.2, 0.25) is 0 Å². The molecule has 8 nitrogen and oxygen atoms in total. The van der Waals surface area contributed by atoms with Gasteiger partial charge in [0.15, 0.2) is 0 Å². The molecule has 1 aliphatic rings. The minimum atomic E-state index is -0.722. The number of aromatic nitrogens is 1. The number of esters is 1. The van der Waals surface area contributed by atoms with Crippen molar-refractivity contribution in [3.63, 3.8) is 0 Å². The Labute approximate surface area is 155 Å². The molecule has 0 aliphatic carbocycles. The van der Waals surface area contributed by atoms with Crippen LogP contribution in [0, 0.1) is 10.1 Å². The first-order valence-corrected chi connectivity index (χ1v) is 8.38. The number of carbonyl (C=O) groups is 1. The van der Waals surface area contributed by atoms with Crippen LogP contribution in [0.3, 0.4) is 0 Å². The second-order valence-corrected chi connectivity index (χ2v) is 5.86. The fourth-order valence-electron chi connectivity index (χ4n) is 2.85. The van der Waals surface area contributed by atoms with E-state index >= 15 is 0 Å². The van der Waals surface area contributed by atoms with Crippen LogP contribution in [0.4, 0.5) is 5.69 Å². The van der Waals surface area contributed by atoms with Crippen molar-refractivity contribution in [2.45, 2.75) is 19.9 Å². The molecular weight excluding hydrogens is 348 g/mol. The predicted molar refractivity (Wildman–Crippen MR) is 99.1 cm³/mol. The number of rotatable bonds is 5. The number of hydrogen-bond acceptors (Lipinski definition) is 7. The van der Waals surface area contributed by atoms with E-state index in [4.69, 9.17) is 4.74 Å². The highest BCUT2D eigenvalue weighted by molar-refractivity contribution is 6.03. The highest BCUT2D eigenvalue weighted by Crippen LogP contribution is 2.33. The van der Waals surface area contributed by atoms with E-state index in [-0.39, 0.29) is 12.3 Å². The zero-order valence-corrected chi connectivity index (χ0v) is 14.9. The summed E-state index contributed by atoms with van der Waals surface area (Å²) >= 11 is 0.